The molecule has 148 valence electrons. The first-order chi connectivity index (χ1) is 12.4. The minimum absolute atomic E-state index is 0.0444. The molecule has 0 bridgehead atoms. The molecular formula is C14H14F3N3O6S. The van der Waals surface area contributed by atoms with Crippen molar-refractivity contribution in [3.63, 3.8) is 0 Å². The van der Waals surface area contributed by atoms with Gasteiger partial charge in [-0.3, -0.25) is 9.59 Å². The monoisotopic (exact) mass is 409 g/mol. The second kappa shape index (κ2) is 7.62. The van der Waals surface area contributed by atoms with E-state index in [1.165, 1.54) is 22.5 Å². The molecule has 1 amide bonds. The second-order valence-electron chi connectivity index (χ2n) is 5.45. The normalized spacial score (nSPS) is 17.6. The number of carbonyl (C=O) groups is 3. The summed E-state index contributed by atoms with van der Waals surface area (Å²) in [6, 6.07) is 4.13. The molecule has 1 fully saturated rings. The first-order valence-corrected chi connectivity index (χ1v) is 8.89. The SMILES string of the molecule is O=C(O)C(F)(F)F.O=C1Nc2ccc(S(=O)(=O)N3CCNCC3)cc2C1=O. The number of sulfonamides is 1. The maximum Gasteiger partial charge on any atom is 0.490 e. The number of carboxylic acids is 1. The van der Waals surface area contributed by atoms with Crippen LogP contribution in [0.2, 0.25) is 0 Å². The van der Waals surface area contributed by atoms with Gasteiger partial charge in [0.15, 0.2) is 0 Å². The number of fused-ring (bicyclic) bond motifs is 1. The van der Waals surface area contributed by atoms with E-state index < -0.39 is 33.9 Å². The summed E-state index contributed by atoms with van der Waals surface area (Å²) in [5.41, 5.74) is 0.477. The highest BCUT2D eigenvalue weighted by Gasteiger charge is 2.38. The molecule has 0 aliphatic carbocycles. The number of nitrogens with one attached hydrogen (secondary N) is 2. The smallest absolute Gasteiger partial charge is 0.475 e. The molecule has 1 aromatic carbocycles. The highest BCUT2D eigenvalue weighted by Crippen LogP contribution is 2.27. The Balaban J connectivity index is 0.000000321. The Morgan fingerprint density at radius 1 is 1.15 bits per heavy atom. The fourth-order valence-corrected chi connectivity index (χ4v) is 3.78. The Morgan fingerprint density at radius 3 is 2.22 bits per heavy atom. The van der Waals surface area contributed by atoms with E-state index in [4.69, 9.17) is 9.90 Å². The van der Waals surface area contributed by atoms with Crippen molar-refractivity contribution in [2.24, 2.45) is 0 Å². The molecule has 9 nitrogen and oxygen atoms in total. The number of benzene rings is 1. The minimum atomic E-state index is -5.08. The molecule has 2 heterocycles. The van der Waals surface area contributed by atoms with E-state index in [2.05, 4.69) is 10.6 Å². The van der Waals surface area contributed by atoms with Crippen LogP contribution >= 0.6 is 0 Å². The van der Waals surface area contributed by atoms with Crippen LogP contribution in [0.15, 0.2) is 23.1 Å². The number of halogens is 3. The Hall–Kier alpha value is -2.51. The second-order valence-corrected chi connectivity index (χ2v) is 7.39. The lowest BCUT2D eigenvalue weighted by molar-refractivity contribution is -0.192. The molecule has 27 heavy (non-hydrogen) atoms. The summed E-state index contributed by atoms with van der Waals surface area (Å²) < 4.78 is 58.0. The van der Waals surface area contributed by atoms with Crippen LogP contribution in [0, 0.1) is 0 Å². The van der Waals surface area contributed by atoms with Crippen LogP contribution in [0.1, 0.15) is 10.4 Å². The van der Waals surface area contributed by atoms with Crippen LogP contribution in [0.25, 0.3) is 0 Å². The number of amides is 1. The number of carbonyl (C=O) groups excluding carboxylic acids is 2. The van der Waals surface area contributed by atoms with Gasteiger partial charge in [-0.05, 0) is 18.2 Å². The highest BCUT2D eigenvalue weighted by atomic mass is 32.2. The largest absolute Gasteiger partial charge is 0.490 e. The number of ketones is 1. The number of carboxylic acid groups (broad SMARTS) is 1. The topological polar surface area (TPSA) is 133 Å². The summed E-state index contributed by atoms with van der Waals surface area (Å²) in [7, 11) is -3.62. The van der Waals surface area contributed by atoms with Gasteiger partial charge in [-0.15, -0.1) is 0 Å². The molecule has 2 aliphatic rings. The number of Topliss-reactive ketones (excluding diaryl/α,β-unsaturated/α-hetero) is 1. The molecule has 1 saturated heterocycles. The third-order valence-corrected chi connectivity index (χ3v) is 5.54. The number of hydrogen-bond donors (Lipinski definition) is 3. The summed E-state index contributed by atoms with van der Waals surface area (Å²) in [5.74, 6) is -4.18. The number of aliphatic carboxylic acids is 1. The van der Waals surface area contributed by atoms with E-state index in [0.29, 0.717) is 31.9 Å². The number of hydrogen-bond acceptors (Lipinski definition) is 6. The van der Waals surface area contributed by atoms with Crippen molar-refractivity contribution in [1.29, 1.82) is 0 Å². The highest BCUT2D eigenvalue weighted by molar-refractivity contribution is 7.89. The predicted octanol–water partition coefficient (Wildman–Crippen LogP) is 0.0486. The van der Waals surface area contributed by atoms with Crippen LogP contribution in [-0.2, 0) is 19.6 Å². The van der Waals surface area contributed by atoms with E-state index in [0.717, 1.165) is 0 Å². The average Bonchev–Trinajstić information content (AvgIpc) is 2.89. The summed E-state index contributed by atoms with van der Waals surface area (Å²) in [6.45, 7) is 1.99. The van der Waals surface area contributed by atoms with Gasteiger partial charge in [-0.2, -0.15) is 17.5 Å². The van der Waals surface area contributed by atoms with Crippen molar-refractivity contribution in [2.75, 3.05) is 31.5 Å². The summed E-state index contributed by atoms with van der Waals surface area (Å²) in [5, 5.41) is 12.6. The summed E-state index contributed by atoms with van der Waals surface area (Å²) >= 11 is 0. The Labute approximate surface area is 151 Å². The molecule has 13 heteroatoms. The molecule has 0 saturated carbocycles. The van der Waals surface area contributed by atoms with Gasteiger partial charge in [-0.1, -0.05) is 0 Å². The van der Waals surface area contributed by atoms with Crippen molar-refractivity contribution >= 4 is 33.4 Å². The Kier molecular flexibility index (Phi) is 5.87. The molecule has 0 radical (unpaired) electrons. The van der Waals surface area contributed by atoms with Gasteiger partial charge >= 0.3 is 12.1 Å². The van der Waals surface area contributed by atoms with E-state index >= 15 is 0 Å². The Morgan fingerprint density at radius 2 is 1.70 bits per heavy atom. The quantitative estimate of drug-likeness (QED) is 0.588. The van der Waals surface area contributed by atoms with Crippen LogP contribution in [0.4, 0.5) is 18.9 Å². The van der Waals surface area contributed by atoms with Gasteiger partial charge in [0.1, 0.15) is 0 Å². The zero-order valence-electron chi connectivity index (χ0n) is 13.5. The molecule has 0 aromatic heterocycles. The third-order valence-electron chi connectivity index (χ3n) is 3.65. The molecule has 3 rings (SSSR count). The number of alkyl halides is 3. The maximum atomic E-state index is 12.5. The van der Waals surface area contributed by atoms with E-state index in [1.54, 1.807) is 0 Å². The molecule has 2 aliphatic heterocycles. The average molecular weight is 409 g/mol. The molecular weight excluding hydrogens is 395 g/mol. The van der Waals surface area contributed by atoms with Gasteiger partial charge in [0.2, 0.25) is 10.0 Å². The maximum absolute atomic E-state index is 12.5. The van der Waals surface area contributed by atoms with Crippen LogP contribution in [-0.4, -0.2) is 67.8 Å². The minimum Gasteiger partial charge on any atom is -0.475 e. The van der Waals surface area contributed by atoms with E-state index in [1.807, 2.05) is 0 Å². The van der Waals surface area contributed by atoms with Gasteiger partial charge in [-0.25, -0.2) is 13.2 Å². The molecule has 1 aromatic rings. The lowest BCUT2D eigenvalue weighted by atomic mass is 10.1. The first-order valence-electron chi connectivity index (χ1n) is 7.45. The number of rotatable bonds is 2. The molecule has 0 unspecified atom stereocenters. The fraction of sp³-hybridized carbons (Fsp3) is 0.357. The first kappa shape index (κ1) is 20.8. The van der Waals surface area contributed by atoms with Crippen LogP contribution in [0.3, 0.4) is 0 Å². The number of piperazine rings is 1. The van der Waals surface area contributed by atoms with Crippen LogP contribution in [0.5, 0.6) is 0 Å². The van der Waals surface area contributed by atoms with E-state index in [-0.39, 0.29) is 10.5 Å². The van der Waals surface area contributed by atoms with Crippen molar-refractivity contribution in [1.82, 2.24) is 9.62 Å². The zero-order chi connectivity index (χ0) is 20.4. The van der Waals surface area contributed by atoms with Gasteiger partial charge in [0, 0.05) is 26.2 Å². The van der Waals surface area contributed by atoms with Crippen molar-refractivity contribution in [3.05, 3.63) is 23.8 Å². The summed E-state index contributed by atoms with van der Waals surface area (Å²) in [6.07, 6.45) is -5.08. The number of anilines is 1. The van der Waals surface area contributed by atoms with Gasteiger partial charge in [0.05, 0.1) is 16.1 Å². The molecule has 3 N–H and O–H groups in total. The fourth-order valence-electron chi connectivity index (χ4n) is 2.32. The van der Waals surface area contributed by atoms with Gasteiger partial charge in [0.25, 0.3) is 11.7 Å². The summed E-state index contributed by atoms with van der Waals surface area (Å²) in [4.78, 5) is 31.8. The zero-order valence-corrected chi connectivity index (χ0v) is 14.4. The molecule has 0 atom stereocenters. The standard InChI is InChI=1S/C12H13N3O4S.C2HF3O2/c16-11-9-7-8(1-2-10(9)14-12(11)17)20(18,19)15-5-3-13-4-6-15;3-2(4,5)1(6)7/h1-2,7,13H,3-6H2,(H,14,16,17);(H,6,7). The van der Waals surface area contributed by atoms with Crippen molar-refractivity contribution < 1.29 is 41.1 Å². The van der Waals surface area contributed by atoms with Crippen LogP contribution < -0.4 is 10.6 Å². The van der Waals surface area contributed by atoms with Gasteiger partial charge < -0.3 is 15.7 Å². The third kappa shape index (κ3) is 4.61. The lowest BCUT2D eigenvalue weighted by Gasteiger charge is -2.26. The molecule has 0 spiro atoms. The van der Waals surface area contributed by atoms with Crippen molar-refractivity contribution in [2.45, 2.75) is 11.1 Å². The number of nitrogens with zero attached hydrogens (tertiary/aromatic N) is 1. The predicted molar refractivity (Wildman–Crippen MR) is 84.7 cm³/mol. The van der Waals surface area contributed by atoms with E-state index in [9.17, 15) is 31.2 Å². The lowest BCUT2D eigenvalue weighted by Crippen LogP contribution is -2.46. The Bertz CT molecular complexity index is 879. The van der Waals surface area contributed by atoms with Crippen molar-refractivity contribution in [3.8, 4) is 0 Å².